The standard InChI is InChI=1S/C20H24O5/c1-11(2)20(21)14-7-8-15(23-4)19(25-6)17(14)13-9-12(22-3)10-16(24-5)18(13)20/h7-11,21H,1-6H3. The van der Waals surface area contributed by atoms with E-state index in [-0.39, 0.29) is 5.92 Å². The summed E-state index contributed by atoms with van der Waals surface area (Å²) in [7, 11) is 6.40. The summed E-state index contributed by atoms with van der Waals surface area (Å²) in [4.78, 5) is 0. The van der Waals surface area contributed by atoms with Crippen molar-refractivity contribution in [2.75, 3.05) is 28.4 Å². The van der Waals surface area contributed by atoms with Crippen LogP contribution in [0.2, 0.25) is 0 Å². The summed E-state index contributed by atoms with van der Waals surface area (Å²) in [5.41, 5.74) is 1.96. The average Bonchev–Trinajstić information content (AvgIpc) is 2.90. The van der Waals surface area contributed by atoms with Crippen LogP contribution in [0, 0.1) is 5.92 Å². The van der Waals surface area contributed by atoms with Crippen molar-refractivity contribution in [1.29, 1.82) is 0 Å². The van der Waals surface area contributed by atoms with Crippen LogP contribution in [0.1, 0.15) is 25.0 Å². The largest absolute Gasteiger partial charge is 0.497 e. The van der Waals surface area contributed by atoms with Gasteiger partial charge in [-0.05, 0) is 23.6 Å². The Morgan fingerprint density at radius 2 is 1.56 bits per heavy atom. The summed E-state index contributed by atoms with van der Waals surface area (Å²) >= 11 is 0. The van der Waals surface area contributed by atoms with E-state index in [1.807, 2.05) is 32.0 Å². The van der Waals surface area contributed by atoms with Crippen LogP contribution >= 0.6 is 0 Å². The average molecular weight is 344 g/mol. The third-order valence-corrected chi connectivity index (χ3v) is 4.97. The van der Waals surface area contributed by atoms with E-state index in [2.05, 4.69) is 0 Å². The van der Waals surface area contributed by atoms with E-state index >= 15 is 0 Å². The Morgan fingerprint density at radius 3 is 2.08 bits per heavy atom. The zero-order valence-electron chi connectivity index (χ0n) is 15.5. The van der Waals surface area contributed by atoms with E-state index in [9.17, 15) is 5.11 Å². The van der Waals surface area contributed by atoms with Crippen molar-refractivity contribution in [3.05, 3.63) is 35.4 Å². The lowest BCUT2D eigenvalue weighted by molar-refractivity contribution is 0.0339. The highest BCUT2D eigenvalue weighted by Gasteiger charge is 2.48. The van der Waals surface area contributed by atoms with Crippen LogP contribution in [0.5, 0.6) is 23.0 Å². The van der Waals surface area contributed by atoms with Crippen LogP contribution in [0.25, 0.3) is 11.1 Å². The number of hydrogen-bond donors (Lipinski definition) is 1. The van der Waals surface area contributed by atoms with Crippen LogP contribution < -0.4 is 18.9 Å². The van der Waals surface area contributed by atoms with Gasteiger partial charge < -0.3 is 24.1 Å². The van der Waals surface area contributed by atoms with E-state index in [4.69, 9.17) is 18.9 Å². The fraction of sp³-hybridized carbons (Fsp3) is 0.400. The van der Waals surface area contributed by atoms with Gasteiger partial charge in [-0.25, -0.2) is 0 Å². The molecule has 1 aliphatic rings. The number of aliphatic hydroxyl groups is 1. The molecule has 0 aliphatic heterocycles. The lowest BCUT2D eigenvalue weighted by atomic mass is 9.81. The maximum absolute atomic E-state index is 11.7. The Morgan fingerprint density at radius 1 is 0.880 bits per heavy atom. The van der Waals surface area contributed by atoms with Crippen LogP contribution in [-0.4, -0.2) is 33.5 Å². The van der Waals surface area contributed by atoms with Gasteiger partial charge in [-0.15, -0.1) is 0 Å². The monoisotopic (exact) mass is 344 g/mol. The predicted octanol–water partition coefficient (Wildman–Crippen LogP) is 3.59. The van der Waals surface area contributed by atoms with Gasteiger partial charge in [-0.1, -0.05) is 19.9 Å². The molecule has 1 atom stereocenters. The van der Waals surface area contributed by atoms with Gasteiger partial charge in [0.25, 0.3) is 0 Å². The molecular formula is C20H24O5. The number of methoxy groups -OCH3 is 4. The van der Waals surface area contributed by atoms with Gasteiger partial charge in [0.15, 0.2) is 11.5 Å². The van der Waals surface area contributed by atoms with Crippen LogP contribution in [-0.2, 0) is 5.60 Å². The van der Waals surface area contributed by atoms with Crippen molar-refractivity contribution in [3.63, 3.8) is 0 Å². The third kappa shape index (κ3) is 2.26. The summed E-state index contributed by atoms with van der Waals surface area (Å²) < 4.78 is 22.1. The third-order valence-electron chi connectivity index (χ3n) is 4.97. The molecule has 0 bridgehead atoms. The first kappa shape index (κ1) is 17.4. The minimum absolute atomic E-state index is 0.0760. The highest BCUT2D eigenvalue weighted by atomic mass is 16.5. The smallest absolute Gasteiger partial charge is 0.168 e. The molecule has 0 amide bonds. The summed E-state index contributed by atoms with van der Waals surface area (Å²) in [5, 5.41) is 11.7. The van der Waals surface area contributed by atoms with Gasteiger partial charge in [0.2, 0.25) is 0 Å². The normalized spacial score (nSPS) is 17.9. The molecule has 0 radical (unpaired) electrons. The molecule has 2 aromatic rings. The van der Waals surface area contributed by atoms with Crippen molar-refractivity contribution in [3.8, 4) is 34.1 Å². The molecule has 0 heterocycles. The number of fused-ring (bicyclic) bond motifs is 3. The molecule has 1 unspecified atom stereocenters. The first-order valence-electron chi connectivity index (χ1n) is 8.18. The van der Waals surface area contributed by atoms with Crippen LogP contribution in [0.3, 0.4) is 0 Å². The SMILES string of the molecule is COc1cc(OC)c2c(c1)-c1c(ccc(OC)c1OC)C2(O)C(C)C. The Labute approximate surface area is 148 Å². The summed E-state index contributed by atoms with van der Waals surface area (Å²) in [6.45, 7) is 3.97. The van der Waals surface area contributed by atoms with Crippen molar-refractivity contribution in [2.24, 2.45) is 5.92 Å². The molecule has 1 aliphatic carbocycles. The summed E-state index contributed by atoms with van der Waals surface area (Å²) in [5.74, 6) is 2.37. The van der Waals surface area contributed by atoms with E-state index in [1.54, 1.807) is 34.5 Å². The van der Waals surface area contributed by atoms with Crippen molar-refractivity contribution in [1.82, 2.24) is 0 Å². The Balaban J connectivity index is 2.48. The van der Waals surface area contributed by atoms with E-state index < -0.39 is 5.60 Å². The molecular weight excluding hydrogens is 320 g/mol. The van der Waals surface area contributed by atoms with Gasteiger partial charge in [0, 0.05) is 22.8 Å². The lowest BCUT2D eigenvalue weighted by Gasteiger charge is -2.31. The molecule has 1 N–H and O–H groups in total. The molecule has 0 fully saturated rings. The molecule has 3 rings (SSSR count). The van der Waals surface area contributed by atoms with Gasteiger partial charge >= 0.3 is 0 Å². The number of benzene rings is 2. The first-order valence-corrected chi connectivity index (χ1v) is 8.18. The summed E-state index contributed by atoms with van der Waals surface area (Å²) in [6, 6.07) is 7.41. The topological polar surface area (TPSA) is 57.2 Å². The fourth-order valence-electron chi connectivity index (χ4n) is 3.71. The highest BCUT2D eigenvalue weighted by molar-refractivity contribution is 5.89. The van der Waals surface area contributed by atoms with E-state index in [0.29, 0.717) is 23.0 Å². The molecule has 0 aromatic heterocycles. The minimum atomic E-state index is -1.19. The number of ether oxygens (including phenoxy) is 4. The Kier molecular flexibility index (Phi) is 4.29. The van der Waals surface area contributed by atoms with Crippen molar-refractivity contribution < 1.29 is 24.1 Å². The van der Waals surface area contributed by atoms with Gasteiger partial charge in [0.1, 0.15) is 17.1 Å². The second-order valence-electron chi connectivity index (χ2n) is 6.40. The zero-order chi connectivity index (χ0) is 18.4. The van der Waals surface area contributed by atoms with E-state index in [0.717, 1.165) is 22.3 Å². The molecule has 134 valence electrons. The maximum atomic E-state index is 11.7. The highest BCUT2D eigenvalue weighted by Crippen LogP contribution is 2.59. The minimum Gasteiger partial charge on any atom is -0.497 e. The number of rotatable bonds is 5. The van der Waals surface area contributed by atoms with Gasteiger partial charge in [0.05, 0.1) is 28.4 Å². The van der Waals surface area contributed by atoms with E-state index in [1.165, 1.54) is 0 Å². The van der Waals surface area contributed by atoms with Crippen molar-refractivity contribution in [2.45, 2.75) is 19.4 Å². The maximum Gasteiger partial charge on any atom is 0.168 e. The van der Waals surface area contributed by atoms with Gasteiger partial charge in [-0.2, -0.15) is 0 Å². The molecule has 0 saturated heterocycles. The predicted molar refractivity (Wildman–Crippen MR) is 95.9 cm³/mol. The lowest BCUT2D eigenvalue weighted by Crippen LogP contribution is -2.31. The second-order valence-corrected chi connectivity index (χ2v) is 6.40. The zero-order valence-corrected chi connectivity index (χ0v) is 15.5. The molecule has 25 heavy (non-hydrogen) atoms. The summed E-state index contributed by atoms with van der Waals surface area (Å²) in [6.07, 6.45) is 0. The quantitative estimate of drug-likeness (QED) is 0.898. The van der Waals surface area contributed by atoms with Gasteiger partial charge in [-0.3, -0.25) is 0 Å². The van der Waals surface area contributed by atoms with Crippen LogP contribution in [0.15, 0.2) is 24.3 Å². The Hall–Kier alpha value is -2.40. The fourth-order valence-corrected chi connectivity index (χ4v) is 3.71. The number of hydrogen-bond acceptors (Lipinski definition) is 5. The Bertz CT molecular complexity index is 812. The molecule has 5 heteroatoms. The molecule has 0 saturated carbocycles. The van der Waals surface area contributed by atoms with Crippen molar-refractivity contribution >= 4 is 0 Å². The molecule has 0 spiro atoms. The molecule has 2 aromatic carbocycles. The second kappa shape index (κ2) is 6.15. The molecule has 5 nitrogen and oxygen atoms in total. The van der Waals surface area contributed by atoms with Crippen LogP contribution in [0.4, 0.5) is 0 Å². The first-order chi connectivity index (χ1) is 11.9.